The van der Waals surface area contributed by atoms with Crippen LogP contribution in [0.25, 0.3) is 0 Å². The number of hydrogen-bond donors (Lipinski definition) is 1. The van der Waals surface area contributed by atoms with E-state index in [9.17, 15) is 0 Å². The lowest BCUT2D eigenvalue weighted by Gasteiger charge is -2.18. The third-order valence-electron chi connectivity index (χ3n) is 3.23. The maximum Gasteiger partial charge on any atom is 0.119 e. The van der Waals surface area contributed by atoms with Crippen molar-refractivity contribution in [1.82, 2.24) is 4.90 Å². The van der Waals surface area contributed by atoms with E-state index < -0.39 is 0 Å². The molecule has 0 amide bonds. The van der Waals surface area contributed by atoms with Gasteiger partial charge in [0.05, 0.1) is 7.11 Å². The standard InChI is InChI=1S/C15H26N2O/c1-4-14(16)8-6-10-17(2)12-13-7-5-9-15(11-13)18-3/h5,7,9,11,14H,4,6,8,10,12,16H2,1-3H3. The van der Waals surface area contributed by atoms with E-state index in [4.69, 9.17) is 10.5 Å². The molecule has 0 saturated heterocycles. The largest absolute Gasteiger partial charge is 0.497 e. The van der Waals surface area contributed by atoms with Gasteiger partial charge in [-0.15, -0.1) is 0 Å². The lowest BCUT2D eigenvalue weighted by atomic mass is 10.1. The van der Waals surface area contributed by atoms with Crippen LogP contribution in [0.3, 0.4) is 0 Å². The van der Waals surface area contributed by atoms with Crippen molar-refractivity contribution < 1.29 is 4.74 Å². The maximum atomic E-state index is 5.91. The van der Waals surface area contributed by atoms with Gasteiger partial charge < -0.3 is 15.4 Å². The third-order valence-corrected chi connectivity index (χ3v) is 3.23. The fraction of sp³-hybridized carbons (Fsp3) is 0.600. The Hall–Kier alpha value is -1.06. The molecule has 0 heterocycles. The van der Waals surface area contributed by atoms with E-state index in [0.717, 1.165) is 38.1 Å². The maximum absolute atomic E-state index is 5.91. The number of methoxy groups -OCH3 is 1. The number of nitrogens with two attached hydrogens (primary N) is 1. The van der Waals surface area contributed by atoms with Crippen LogP contribution in [0.1, 0.15) is 31.7 Å². The van der Waals surface area contributed by atoms with Gasteiger partial charge in [-0.2, -0.15) is 0 Å². The smallest absolute Gasteiger partial charge is 0.119 e. The van der Waals surface area contributed by atoms with Gasteiger partial charge in [0.15, 0.2) is 0 Å². The van der Waals surface area contributed by atoms with Crippen molar-refractivity contribution in [3.63, 3.8) is 0 Å². The van der Waals surface area contributed by atoms with E-state index >= 15 is 0 Å². The van der Waals surface area contributed by atoms with Gasteiger partial charge in [-0.05, 0) is 50.6 Å². The molecule has 0 aliphatic heterocycles. The van der Waals surface area contributed by atoms with Crippen molar-refractivity contribution in [3.05, 3.63) is 29.8 Å². The van der Waals surface area contributed by atoms with Gasteiger partial charge >= 0.3 is 0 Å². The normalized spacial score (nSPS) is 12.7. The van der Waals surface area contributed by atoms with E-state index in [1.54, 1.807) is 7.11 Å². The Kier molecular flexibility index (Phi) is 6.76. The van der Waals surface area contributed by atoms with Crippen molar-refractivity contribution >= 4 is 0 Å². The number of nitrogens with zero attached hydrogens (tertiary/aromatic N) is 1. The monoisotopic (exact) mass is 250 g/mol. The number of ether oxygens (including phenoxy) is 1. The zero-order valence-corrected chi connectivity index (χ0v) is 11.9. The molecule has 0 spiro atoms. The van der Waals surface area contributed by atoms with Crippen molar-refractivity contribution in [2.24, 2.45) is 5.73 Å². The van der Waals surface area contributed by atoms with Gasteiger partial charge in [-0.1, -0.05) is 19.1 Å². The molecule has 1 aromatic carbocycles. The van der Waals surface area contributed by atoms with Crippen molar-refractivity contribution in [2.75, 3.05) is 20.7 Å². The molecule has 0 aromatic heterocycles. The van der Waals surface area contributed by atoms with Crippen LogP contribution >= 0.6 is 0 Å². The highest BCUT2D eigenvalue weighted by Crippen LogP contribution is 2.14. The van der Waals surface area contributed by atoms with E-state index in [2.05, 4.69) is 31.0 Å². The summed E-state index contributed by atoms with van der Waals surface area (Å²) in [5.74, 6) is 0.925. The molecule has 3 nitrogen and oxygen atoms in total. The van der Waals surface area contributed by atoms with Crippen molar-refractivity contribution in [3.8, 4) is 5.75 Å². The van der Waals surface area contributed by atoms with Gasteiger partial charge in [-0.3, -0.25) is 0 Å². The molecule has 1 aromatic rings. The van der Waals surface area contributed by atoms with Crippen LogP contribution in [0.15, 0.2) is 24.3 Å². The Morgan fingerprint density at radius 2 is 2.17 bits per heavy atom. The lowest BCUT2D eigenvalue weighted by Crippen LogP contribution is -2.23. The quantitative estimate of drug-likeness (QED) is 0.771. The Bertz CT molecular complexity index is 341. The first kappa shape index (κ1) is 15.0. The summed E-state index contributed by atoms with van der Waals surface area (Å²) in [7, 11) is 3.85. The molecule has 1 unspecified atom stereocenters. The first-order valence-electron chi connectivity index (χ1n) is 6.72. The fourth-order valence-electron chi connectivity index (χ4n) is 1.99. The molecule has 0 saturated carbocycles. The highest BCUT2D eigenvalue weighted by molar-refractivity contribution is 5.28. The zero-order chi connectivity index (χ0) is 13.4. The summed E-state index contributed by atoms with van der Waals surface area (Å²) in [4.78, 5) is 2.33. The van der Waals surface area contributed by atoms with Crippen LogP contribution in [-0.4, -0.2) is 31.6 Å². The van der Waals surface area contributed by atoms with Crippen LogP contribution in [0.4, 0.5) is 0 Å². The van der Waals surface area contributed by atoms with Crippen molar-refractivity contribution in [1.29, 1.82) is 0 Å². The van der Waals surface area contributed by atoms with E-state index in [1.807, 2.05) is 12.1 Å². The molecule has 1 atom stereocenters. The van der Waals surface area contributed by atoms with Crippen LogP contribution in [0.5, 0.6) is 5.75 Å². The van der Waals surface area contributed by atoms with E-state index in [-0.39, 0.29) is 0 Å². The second kappa shape index (κ2) is 8.11. The summed E-state index contributed by atoms with van der Waals surface area (Å²) in [6.45, 7) is 4.19. The van der Waals surface area contributed by atoms with Gasteiger partial charge in [0.25, 0.3) is 0 Å². The molecular weight excluding hydrogens is 224 g/mol. The predicted octanol–water partition coefficient (Wildman–Crippen LogP) is 2.64. The van der Waals surface area contributed by atoms with Gasteiger partial charge in [0, 0.05) is 12.6 Å². The molecular formula is C15H26N2O. The molecule has 2 N–H and O–H groups in total. The summed E-state index contributed by atoms with van der Waals surface area (Å²) >= 11 is 0. The van der Waals surface area contributed by atoms with E-state index in [1.165, 1.54) is 5.56 Å². The van der Waals surface area contributed by atoms with Gasteiger partial charge in [-0.25, -0.2) is 0 Å². The molecule has 102 valence electrons. The Morgan fingerprint density at radius 1 is 1.39 bits per heavy atom. The third kappa shape index (κ3) is 5.52. The van der Waals surface area contributed by atoms with Crippen molar-refractivity contribution in [2.45, 2.75) is 38.8 Å². The summed E-state index contributed by atoms with van der Waals surface area (Å²) < 4.78 is 5.23. The Labute approximate surface area is 111 Å². The van der Waals surface area contributed by atoms with Gasteiger partial charge in [0.1, 0.15) is 5.75 Å². The minimum atomic E-state index is 0.357. The first-order chi connectivity index (χ1) is 8.65. The topological polar surface area (TPSA) is 38.5 Å². The lowest BCUT2D eigenvalue weighted by molar-refractivity contribution is 0.312. The summed E-state index contributed by atoms with van der Waals surface area (Å²) in [5.41, 5.74) is 7.20. The summed E-state index contributed by atoms with van der Waals surface area (Å²) in [6.07, 6.45) is 3.34. The molecule has 0 bridgehead atoms. The first-order valence-corrected chi connectivity index (χ1v) is 6.72. The number of benzene rings is 1. The SMILES string of the molecule is CCC(N)CCCN(C)Cc1cccc(OC)c1. The second-order valence-electron chi connectivity index (χ2n) is 4.90. The highest BCUT2D eigenvalue weighted by Gasteiger charge is 2.03. The molecule has 0 radical (unpaired) electrons. The summed E-state index contributed by atoms with van der Waals surface area (Å²) in [6, 6.07) is 8.60. The predicted molar refractivity (Wildman–Crippen MR) is 76.8 cm³/mol. The molecule has 0 aliphatic carbocycles. The molecule has 18 heavy (non-hydrogen) atoms. The fourth-order valence-corrected chi connectivity index (χ4v) is 1.99. The molecule has 0 aliphatic rings. The summed E-state index contributed by atoms with van der Waals surface area (Å²) in [5, 5.41) is 0. The Morgan fingerprint density at radius 3 is 2.83 bits per heavy atom. The molecule has 3 heteroatoms. The number of rotatable bonds is 8. The minimum Gasteiger partial charge on any atom is -0.497 e. The molecule has 0 fully saturated rings. The average Bonchev–Trinajstić information content (AvgIpc) is 2.38. The van der Waals surface area contributed by atoms with E-state index in [0.29, 0.717) is 6.04 Å². The van der Waals surface area contributed by atoms with Crippen LogP contribution in [-0.2, 0) is 6.54 Å². The Balaban J connectivity index is 2.32. The van der Waals surface area contributed by atoms with Crippen LogP contribution in [0, 0.1) is 0 Å². The zero-order valence-electron chi connectivity index (χ0n) is 11.9. The number of hydrogen-bond acceptors (Lipinski definition) is 3. The molecule has 1 rings (SSSR count). The van der Waals surface area contributed by atoms with Crippen LogP contribution in [0.2, 0.25) is 0 Å². The minimum absolute atomic E-state index is 0.357. The second-order valence-corrected chi connectivity index (χ2v) is 4.90. The van der Waals surface area contributed by atoms with Crippen LogP contribution < -0.4 is 10.5 Å². The average molecular weight is 250 g/mol. The highest BCUT2D eigenvalue weighted by atomic mass is 16.5. The van der Waals surface area contributed by atoms with Gasteiger partial charge in [0.2, 0.25) is 0 Å².